The van der Waals surface area contributed by atoms with Crippen molar-refractivity contribution >= 4 is 66.0 Å². The quantitative estimate of drug-likeness (QED) is 0.151. The molecule has 3 aliphatic rings. The van der Waals surface area contributed by atoms with Gasteiger partial charge in [0.05, 0.1) is 22.1 Å². The van der Waals surface area contributed by atoms with E-state index < -0.39 is 0 Å². The third kappa shape index (κ3) is 6.71. The Labute approximate surface area is 461 Å². The smallest absolute Gasteiger partial charge is 0.0547 e. The van der Waals surface area contributed by atoms with E-state index in [9.17, 15) is 0 Å². The lowest BCUT2D eigenvalue weighted by Gasteiger charge is -2.21. The van der Waals surface area contributed by atoms with Gasteiger partial charge in [0.2, 0.25) is 0 Å². The molecule has 0 spiro atoms. The van der Waals surface area contributed by atoms with Crippen molar-refractivity contribution in [3.8, 4) is 55.9 Å². The summed E-state index contributed by atoms with van der Waals surface area (Å²) in [4.78, 5) is 0. The highest BCUT2D eigenvalue weighted by molar-refractivity contribution is 6.14. The Morgan fingerprint density at radius 3 is 1.47 bits per heavy atom. The number of aryl methyl sites for hydroxylation is 1. The molecule has 2 heterocycles. The SMILES string of the molecule is CCCc1cccc2c(-c3ccc4c5cc6c(cc5n(-c5ccc(-c7ccc(-n8c9cc(C%10=c%11ccccc%11=CCC%10)ccc9c9cc%10c(cc98)C(C)(C)c8ccccc8-%10)cc7)cc5)c4c3)C(C)(C)c3ccccc3-6)cccc12. The first-order chi connectivity index (χ1) is 38.6. The maximum Gasteiger partial charge on any atom is 0.0547 e. The molecule has 2 nitrogen and oxygen atoms in total. The van der Waals surface area contributed by atoms with Crippen LogP contribution in [0.2, 0.25) is 0 Å². The van der Waals surface area contributed by atoms with Crippen molar-refractivity contribution < 1.29 is 0 Å². The summed E-state index contributed by atoms with van der Waals surface area (Å²) in [5.41, 5.74) is 27.1. The number of aromatic nitrogens is 2. The minimum Gasteiger partial charge on any atom is -0.309 e. The summed E-state index contributed by atoms with van der Waals surface area (Å²) in [5, 5.41) is 10.5. The molecule has 0 fully saturated rings. The average Bonchev–Trinajstić information content (AvgIpc) is 4.20. The monoisotopic (exact) mass is 1010 g/mol. The van der Waals surface area contributed by atoms with Gasteiger partial charge in [-0.05, 0) is 185 Å². The van der Waals surface area contributed by atoms with Gasteiger partial charge in [0, 0.05) is 43.7 Å². The van der Waals surface area contributed by atoms with Crippen LogP contribution in [0.5, 0.6) is 0 Å². The van der Waals surface area contributed by atoms with Crippen molar-refractivity contribution in [1.82, 2.24) is 9.13 Å². The summed E-state index contributed by atoms with van der Waals surface area (Å²) in [6, 6.07) is 83.7. The van der Waals surface area contributed by atoms with Crippen LogP contribution in [-0.4, -0.2) is 9.13 Å². The van der Waals surface area contributed by atoms with Crippen molar-refractivity contribution in [3.63, 3.8) is 0 Å². The highest BCUT2D eigenvalue weighted by Gasteiger charge is 2.38. The molecule has 0 unspecified atom stereocenters. The maximum atomic E-state index is 2.54. The van der Waals surface area contributed by atoms with Crippen molar-refractivity contribution in [2.45, 2.75) is 71.1 Å². The van der Waals surface area contributed by atoms with Crippen LogP contribution in [0.1, 0.15) is 87.3 Å². The number of hydrogen-bond donors (Lipinski definition) is 0. The van der Waals surface area contributed by atoms with E-state index in [1.54, 1.807) is 0 Å². The van der Waals surface area contributed by atoms with Crippen LogP contribution >= 0.6 is 0 Å². The van der Waals surface area contributed by atoms with Gasteiger partial charge in [0.15, 0.2) is 0 Å². The van der Waals surface area contributed by atoms with E-state index in [0.717, 1.165) is 31.4 Å². The van der Waals surface area contributed by atoms with Gasteiger partial charge in [-0.15, -0.1) is 0 Å². The van der Waals surface area contributed by atoms with Gasteiger partial charge < -0.3 is 9.13 Å². The zero-order chi connectivity index (χ0) is 52.9. The van der Waals surface area contributed by atoms with Crippen LogP contribution in [0.4, 0.5) is 0 Å². The zero-order valence-electron chi connectivity index (χ0n) is 45.6. The van der Waals surface area contributed by atoms with Crippen LogP contribution in [0, 0.1) is 0 Å². The number of benzene rings is 11. The number of rotatable bonds is 7. The predicted octanol–water partition coefficient (Wildman–Crippen LogP) is 18.7. The van der Waals surface area contributed by atoms with Crippen molar-refractivity contribution in [1.29, 1.82) is 0 Å². The maximum absolute atomic E-state index is 2.54. The van der Waals surface area contributed by atoms with E-state index in [1.807, 2.05) is 0 Å². The first-order valence-corrected chi connectivity index (χ1v) is 28.6. The van der Waals surface area contributed by atoms with Crippen LogP contribution < -0.4 is 10.4 Å². The van der Waals surface area contributed by atoms with E-state index in [-0.39, 0.29) is 10.8 Å². The first kappa shape index (κ1) is 46.1. The molecule has 0 N–H and O–H groups in total. The number of hydrogen-bond acceptors (Lipinski definition) is 0. The third-order valence-electron chi connectivity index (χ3n) is 18.8. The van der Waals surface area contributed by atoms with Crippen LogP contribution in [0.15, 0.2) is 218 Å². The minimum atomic E-state index is -0.120. The molecule has 13 aromatic rings. The molecule has 0 saturated carbocycles. The molecule has 79 heavy (non-hydrogen) atoms. The molecular formula is C77H60N2. The predicted molar refractivity (Wildman–Crippen MR) is 335 cm³/mol. The molecule has 2 aromatic heterocycles. The molecule has 16 rings (SSSR count). The van der Waals surface area contributed by atoms with Gasteiger partial charge >= 0.3 is 0 Å². The number of nitrogens with zero attached hydrogens (tertiary/aromatic N) is 2. The Morgan fingerprint density at radius 2 is 0.861 bits per heavy atom. The summed E-state index contributed by atoms with van der Waals surface area (Å²) in [7, 11) is 0. The lowest BCUT2D eigenvalue weighted by Crippen LogP contribution is -2.29. The van der Waals surface area contributed by atoms with Crippen LogP contribution in [-0.2, 0) is 17.3 Å². The Hall–Kier alpha value is -8.98. The van der Waals surface area contributed by atoms with Gasteiger partial charge in [-0.25, -0.2) is 0 Å². The molecule has 0 radical (unpaired) electrons. The van der Waals surface area contributed by atoms with Gasteiger partial charge in [0.1, 0.15) is 0 Å². The molecule has 378 valence electrons. The summed E-state index contributed by atoms with van der Waals surface area (Å²) < 4.78 is 5.07. The average molecular weight is 1010 g/mol. The minimum absolute atomic E-state index is 0.111. The second-order valence-corrected chi connectivity index (χ2v) is 23.8. The first-order valence-electron chi connectivity index (χ1n) is 28.6. The van der Waals surface area contributed by atoms with E-state index in [2.05, 4.69) is 268 Å². The molecule has 0 saturated heterocycles. The molecule has 11 aromatic carbocycles. The molecule has 0 amide bonds. The second-order valence-electron chi connectivity index (χ2n) is 23.8. The normalized spacial score (nSPS) is 14.7. The number of fused-ring (bicyclic) bond motifs is 14. The topological polar surface area (TPSA) is 9.86 Å². The fourth-order valence-corrected chi connectivity index (χ4v) is 14.8. The van der Waals surface area contributed by atoms with E-state index >= 15 is 0 Å². The van der Waals surface area contributed by atoms with Crippen molar-refractivity contribution in [3.05, 3.63) is 262 Å². The fraction of sp³-hybridized carbons (Fsp3) is 0.143. The third-order valence-corrected chi connectivity index (χ3v) is 18.8. The van der Waals surface area contributed by atoms with Gasteiger partial charge in [0.25, 0.3) is 0 Å². The Morgan fingerprint density at radius 1 is 0.367 bits per heavy atom. The summed E-state index contributed by atoms with van der Waals surface area (Å²) in [6.07, 6.45) is 6.68. The summed E-state index contributed by atoms with van der Waals surface area (Å²) >= 11 is 0. The highest BCUT2D eigenvalue weighted by Crippen LogP contribution is 2.53. The van der Waals surface area contributed by atoms with E-state index in [4.69, 9.17) is 0 Å². The van der Waals surface area contributed by atoms with Gasteiger partial charge in [-0.3, -0.25) is 0 Å². The molecule has 0 atom stereocenters. The van der Waals surface area contributed by atoms with Gasteiger partial charge in [-0.2, -0.15) is 0 Å². The molecule has 3 aliphatic carbocycles. The standard InChI is InChI=1S/C77H60N2/c1-6-16-49-18-14-26-59-56(49)24-15-25-58(59)52-34-40-63-67-44-65-61-22-10-12-28-69(61)77(4,5)71(65)46-75(67)79(73(63)42-52)54-37-31-48(32-38-54)47-29-35-53(36-30-47)78-72-41-51(57-23-13-19-50-17-7-8-20-55(50)57)33-39-62(72)66-43-64-60-21-9-11-27-68(60)76(2,3)70(64)45-74(66)78/h7-12,14-15,17-22,24-46H,6,13,16,23H2,1-5H3. The Balaban J connectivity index is 0.836. The zero-order valence-corrected chi connectivity index (χ0v) is 45.6. The molecular weight excluding hydrogens is 953 g/mol. The van der Waals surface area contributed by atoms with Crippen LogP contribution in [0.3, 0.4) is 0 Å². The lowest BCUT2D eigenvalue weighted by molar-refractivity contribution is 0.661. The van der Waals surface area contributed by atoms with Crippen molar-refractivity contribution in [2.24, 2.45) is 0 Å². The molecule has 0 bridgehead atoms. The Bertz CT molecular complexity index is 4880. The van der Waals surface area contributed by atoms with E-state index in [1.165, 1.54) is 154 Å². The van der Waals surface area contributed by atoms with Crippen molar-refractivity contribution in [2.75, 3.05) is 0 Å². The summed E-state index contributed by atoms with van der Waals surface area (Å²) in [5.74, 6) is 0. The largest absolute Gasteiger partial charge is 0.309 e. The fourth-order valence-electron chi connectivity index (χ4n) is 14.8. The molecule has 0 aliphatic heterocycles. The summed E-state index contributed by atoms with van der Waals surface area (Å²) in [6.45, 7) is 11.8. The van der Waals surface area contributed by atoms with Gasteiger partial charge in [-0.1, -0.05) is 205 Å². The second kappa shape index (κ2) is 17.0. The van der Waals surface area contributed by atoms with Crippen LogP contribution in [0.25, 0.3) is 122 Å². The highest BCUT2D eigenvalue weighted by atomic mass is 15.0. The van der Waals surface area contributed by atoms with E-state index in [0.29, 0.717) is 0 Å². The lowest BCUT2D eigenvalue weighted by atomic mass is 9.82. The molecule has 2 heteroatoms. The Kier molecular flexibility index (Phi) is 9.94.